The number of carbonyl (C=O) groups excluding carboxylic acids is 1. The molecule has 32 heavy (non-hydrogen) atoms. The molecule has 10 nitrogen and oxygen atoms in total. The van der Waals surface area contributed by atoms with E-state index in [4.69, 9.17) is 4.74 Å². The monoisotopic (exact) mass is 442 g/mol. The number of piperazine rings is 1. The summed E-state index contributed by atoms with van der Waals surface area (Å²) in [4.78, 5) is 35.9. The summed E-state index contributed by atoms with van der Waals surface area (Å²) in [6.45, 7) is 4.56. The highest BCUT2D eigenvalue weighted by Crippen LogP contribution is 2.21. The zero-order valence-corrected chi connectivity index (χ0v) is 18.3. The fourth-order valence-electron chi connectivity index (χ4n) is 4.37. The third-order valence-corrected chi connectivity index (χ3v) is 6.30. The van der Waals surface area contributed by atoms with E-state index in [1.165, 1.54) is 6.08 Å². The number of nitrogens with one attached hydrogen (secondary N) is 1. The predicted octanol–water partition coefficient (Wildman–Crippen LogP) is 0.794. The molecule has 4 rings (SSSR count). The zero-order chi connectivity index (χ0) is 22.5. The third-order valence-electron chi connectivity index (χ3n) is 6.30. The molecule has 1 fully saturated rings. The topological polar surface area (TPSA) is 113 Å². The van der Waals surface area contributed by atoms with Crippen molar-refractivity contribution in [2.24, 2.45) is 9.98 Å². The first-order chi connectivity index (χ1) is 15.5. The number of carbonyl (C=O) groups is 1. The molecule has 0 aromatic carbocycles. The van der Waals surface area contributed by atoms with Crippen LogP contribution in [0.3, 0.4) is 0 Å². The first-order valence-corrected chi connectivity index (χ1v) is 11.1. The number of aldehydes is 1. The smallest absolute Gasteiger partial charge is 0.238 e. The van der Waals surface area contributed by atoms with Gasteiger partial charge in [-0.3, -0.25) is 24.8 Å². The van der Waals surface area contributed by atoms with Crippen LogP contribution in [0.15, 0.2) is 46.1 Å². The number of rotatable bonds is 6. The highest BCUT2D eigenvalue weighted by molar-refractivity contribution is 6.61. The normalized spacial score (nSPS) is 31.3. The molecule has 0 bridgehead atoms. The van der Waals surface area contributed by atoms with Gasteiger partial charge in [-0.05, 0) is 32.0 Å². The Bertz CT molecular complexity index is 872. The molecule has 2 heterocycles. The van der Waals surface area contributed by atoms with Crippen molar-refractivity contribution in [1.82, 2.24) is 15.1 Å². The van der Waals surface area contributed by atoms with Crippen molar-refractivity contribution in [3.8, 4) is 0 Å². The van der Waals surface area contributed by atoms with Crippen molar-refractivity contribution < 1.29 is 14.5 Å². The van der Waals surface area contributed by atoms with E-state index in [2.05, 4.69) is 44.3 Å². The average molecular weight is 443 g/mol. The van der Waals surface area contributed by atoms with Crippen LogP contribution in [-0.4, -0.2) is 96.7 Å². The van der Waals surface area contributed by atoms with E-state index in [1.807, 2.05) is 0 Å². The maximum absolute atomic E-state index is 11.5. The quantitative estimate of drug-likeness (QED) is 0.280. The Morgan fingerprint density at radius 3 is 2.72 bits per heavy atom. The second-order valence-corrected chi connectivity index (χ2v) is 8.59. The van der Waals surface area contributed by atoms with Crippen LogP contribution in [0.1, 0.15) is 19.3 Å². The molecule has 0 radical (unpaired) electrons. The number of nitro groups is 1. The molecule has 2 aliphatic heterocycles. The fraction of sp³-hybridized carbons (Fsp3) is 0.591. The lowest BCUT2D eigenvalue weighted by molar-refractivity contribution is -0.509. The van der Waals surface area contributed by atoms with Crippen LogP contribution in [0.4, 0.5) is 0 Å². The summed E-state index contributed by atoms with van der Waals surface area (Å²) in [6, 6.07) is -0.280. The van der Waals surface area contributed by atoms with Gasteiger partial charge in [0.2, 0.25) is 12.3 Å². The van der Waals surface area contributed by atoms with Gasteiger partial charge in [0.15, 0.2) is 12.1 Å². The number of ether oxygens (including phenoxy) is 1. The molecule has 2 aliphatic carbocycles. The Balaban J connectivity index is 1.35. The number of hydrogen-bond donors (Lipinski definition) is 1. The first-order valence-electron chi connectivity index (χ1n) is 11.1. The minimum absolute atomic E-state index is 0.0667. The highest BCUT2D eigenvalue weighted by atomic mass is 16.6. The summed E-state index contributed by atoms with van der Waals surface area (Å²) in [6.07, 6.45) is 11.5. The lowest BCUT2D eigenvalue weighted by atomic mass is 9.96. The van der Waals surface area contributed by atoms with Crippen LogP contribution in [0.25, 0.3) is 0 Å². The maximum atomic E-state index is 11.5. The fourth-order valence-corrected chi connectivity index (χ4v) is 4.37. The average Bonchev–Trinajstić information content (AvgIpc) is 2.81. The first kappa shape index (κ1) is 22.3. The number of aliphatic imine (C=N–C) groups is 2. The number of likely N-dealkylation sites (N-methyl/N-ethyl adjacent to an activating group) is 1. The molecule has 0 amide bonds. The lowest BCUT2D eigenvalue weighted by Gasteiger charge is -2.39. The van der Waals surface area contributed by atoms with E-state index < -0.39 is 12.3 Å². The lowest BCUT2D eigenvalue weighted by Crippen LogP contribution is -2.50. The van der Waals surface area contributed by atoms with Gasteiger partial charge in [0.25, 0.3) is 0 Å². The van der Waals surface area contributed by atoms with Crippen molar-refractivity contribution in [1.29, 1.82) is 0 Å². The number of nitrogens with zero attached hydrogens (tertiary/aromatic N) is 5. The molecule has 1 N–H and O–H groups in total. The minimum atomic E-state index is -0.796. The molecular formula is C22H30N6O4. The second-order valence-electron chi connectivity index (χ2n) is 8.59. The molecule has 1 saturated heterocycles. The van der Waals surface area contributed by atoms with Gasteiger partial charge in [0, 0.05) is 43.2 Å². The van der Waals surface area contributed by atoms with Crippen LogP contribution < -0.4 is 5.32 Å². The molecule has 4 unspecified atom stereocenters. The van der Waals surface area contributed by atoms with Crippen LogP contribution in [0, 0.1) is 10.1 Å². The van der Waals surface area contributed by atoms with Gasteiger partial charge in [-0.25, -0.2) is 4.99 Å². The summed E-state index contributed by atoms with van der Waals surface area (Å²) in [5.41, 5.74) is 0.278. The Morgan fingerprint density at radius 1 is 1.22 bits per heavy atom. The van der Waals surface area contributed by atoms with Crippen LogP contribution in [-0.2, 0) is 9.53 Å². The Hall–Kier alpha value is -2.85. The molecule has 0 aromatic heterocycles. The van der Waals surface area contributed by atoms with Gasteiger partial charge in [-0.15, -0.1) is 0 Å². The molecule has 0 aromatic rings. The van der Waals surface area contributed by atoms with Gasteiger partial charge < -0.3 is 15.0 Å². The molecule has 4 aliphatic rings. The van der Waals surface area contributed by atoms with Gasteiger partial charge >= 0.3 is 0 Å². The van der Waals surface area contributed by atoms with E-state index in [1.54, 1.807) is 12.2 Å². The van der Waals surface area contributed by atoms with Gasteiger partial charge in [-0.2, -0.15) is 0 Å². The summed E-state index contributed by atoms with van der Waals surface area (Å²) < 4.78 is 5.86. The van der Waals surface area contributed by atoms with Crippen LogP contribution >= 0.6 is 0 Å². The SMILES string of the molecule is CN1CCN(C2C=CC(NC3=NC(OC4=CC=CC([N+](=O)[O-])C4)CN=C3C=O)CC2)CC1. The number of allylic oxidation sites excluding steroid dienone is 2. The van der Waals surface area contributed by atoms with Crippen molar-refractivity contribution in [2.45, 2.75) is 43.6 Å². The predicted molar refractivity (Wildman–Crippen MR) is 121 cm³/mol. The summed E-state index contributed by atoms with van der Waals surface area (Å²) >= 11 is 0. The Kier molecular flexibility index (Phi) is 7.11. The van der Waals surface area contributed by atoms with Crippen LogP contribution in [0.5, 0.6) is 0 Å². The van der Waals surface area contributed by atoms with Crippen molar-refractivity contribution in [3.63, 3.8) is 0 Å². The van der Waals surface area contributed by atoms with E-state index >= 15 is 0 Å². The van der Waals surface area contributed by atoms with Crippen molar-refractivity contribution in [3.05, 3.63) is 46.3 Å². The maximum Gasteiger partial charge on any atom is 0.238 e. The molecule has 10 heteroatoms. The standard InChI is InChI=1S/C22H30N6O4/c1-26-9-11-27(12-10-26)17-7-5-16(6-8-17)24-22-20(15-29)23-14-21(25-22)32-19-4-2-3-18(13-19)28(30)31/h2-5,7,15-18,21H,6,8-14H2,1H3,(H,24,25). The number of amidine groups is 1. The highest BCUT2D eigenvalue weighted by Gasteiger charge is 2.28. The summed E-state index contributed by atoms with van der Waals surface area (Å²) in [7, 11) is 2.16. The third kappa shape index (κ3) is 5.49. The molecule has 0 saturated carbocycles. The van der Waals surface area contributed by atoms with Crippen LogP contribution in [0.2, 0.25) is 0 Å². The second kappa shape index (κ2) is 10.2. The van der Waals surface area contributed by atoms with E-state index in [-0.39, 0.29) is 29.6 Å². The molecule has 172 valence electrons. The summed E-state index contributed by atoms with van der Waals surface area (Å²) in [5.74, 6) is 0.918. The Labute approximate surface area is 187 Å². The minimum Gasteiger partial charge on any atom is -0.471 e. The van der Waals surface area contributed by atoms with E-state index in [9.17, 15) is 14.9 Å². The number of hydrogen-bond acceptors (Lipinski definition) is 9. The van der Waals surface area contributed by atoms with Crippen molar-refractivity contribution >= 4 is 17.8 Å². The van der Waals surface area contributed by atoms with Gasteiger partial charge in [-0.1, -0.05) is 18.2 Å². The van der Waals surface area contributed by atoms with Gasteiger partial charge in [0.05, 0.1) is 13.0 Å². The molecular weight excluding hydrogens is 412 g/mol. The van der Waals surface area contributed by atoms with Gasteiger partial charge in [0.1, 0.15) is 11.5 Å². The molecule has 4 atom stereocenters. The Morgan fingerprint density at radius 2 is 2.03 bits per heavy atom. The van der Waals surface area contributed by atoms with Crippen molar-refractivity contribution in [2.75, 3.05) is 39.8 Å². The largest absolute Gasteiger partial charge is 0.471 e. The summed E-state index contributed by atoms with van der Waals surface area (Å²) in [5, 5.41) is 14.4. The van der Waals surface area contributed by atoms with E-state index in [0.29, 0.717) is 23.9 Å². The zero-order valence-electron chi connectivity index (χ0n) is 18.3. The van der Waals surface area contributed by atoms with E-state index in [0.717, 1.165) is 39.0 Å². The molecule has 0 spiro atoms.